The van der Waals surface area contributed by atoms with Gasteiger partial charge in [0.25, 0.3) is 0 Å². The van der Waals surface area contributed by atoms with Gasteiger partial charge in [-0.3, -0.25) is 9.67 Å². The van der Waals surface area contributed by atoms with Gasteiger partial charge in [-0.25, -0.2) is 4.79 Å². The predicted molar refractivity (Wildman–Crippen MR) is 67.7 cm³/mol. The lowest BCUT2D eigenvalue weighted by Gasteiger charge is -2.06. The molecule has 0 saturated heterocycles. The fourth-order valence-electron chi connectivity index (χ4n) is 1.74. The molecule has 0 aliphatic rings. The Bertz CT molecular complexity index is 767. The van der Waals surface area contributed by atoms with Crippen LogP contribution in [0.25, 0.3) is 11.1 Å². The second kappa shape index (κ2) is 3.66. The van der Waals surface area contributed by atoms with Crippen molar-refractivity contribution in [3.63, 3.8) is 0 Å². The number of benzene rings is 1. The van der Waals surface area contributed by atoms with E-state index in [2.05, 4.69) is 15.4 Å². The number of oxazole rings is 1. The summed E-state index contributed by atoms with van der Waals surface area (Å²) in [6.07, 6.45) is 1.82. The van der Waals surface area contributed by atoms with Crippen LogP contribution in [0.4, 0.5) is 17.2 Å². The summed E-state index contributed by atoms with van der Waals surface area (Å²) in [5.41, 5.74) is 8.05. The minimum atomic E-state index is -0.501. The number of aromatic nitrogens is 3. The van der Waals surface area contributed by atoms with Gasteiger partial charge in [0.15, 0.2) is 11.4 Å². The quantitative estimate of drug-likeness (QED) is 0.588. The number of aryl methyl sites for hydroxylation is 1. The van der Waals surface area contributed by atoms with Crippen molar-refractivity contribution < 1.29 is 4.42 Å². The molecule has 0 unspecified atom stereocenters. The Labute approximate surface area is 101 Å². The van der Waals surface area contributed by atoms with Crippen molar-refractivity contribution in [2.45, 2.75) is 0 Å². The molecule has 7 heteroatoms. The van der Waals surface area contributed by atoms with Crippen LogP contribution < -0.4 is 16.8 Å². The zero-order valence-corrected chi connectivity index (χ0v) is 9.60. The second-order valence-electron chi connectivity index (χ2n) is 3.95. The van der Waals surface area contributed by atoms with E-state index in [1.54, 1.807) is 16.8 Å². The number of fused-ring (bicyclic) bond motifs is 1. The van der Waals surface area contributed by atoms with Crippen molar-refractivity contribution in [1.29, 1.82) is 0 Å². The van der Waals surface area contributed by atoms with Gasteiger partial charge in [0.05, 0.1) is 16.9 Å². The van der Waals surface area contributed by atoms with Gasteiger partial charge in [0.2, 0.25) is 0 Å². The van der Waals surface area contributed by atoms with Crippen molar-refractivity contribution in [2.75, 3.05) is 11.1 Å². The van der Waals surface area contributed by atoms with Gasteiger partial charge in [-0.05, 0) is 6.07 Å². The molecule has 0 aliphatic heterocycles. The Balaban J connectivity index is 2.05. The summed E-state index contributed by atoms with van der Waals surface area (Å²) < 4.78 is 6.60. The Hall–Kier alpha value is -2.70. The van der Waals surface area contributed by atoms with Crippen molar-refractivity contribution >= 4 is 28.3 Å². The second-order valence-corrected chi connectivity index (χ2v) is 3.95. The van der Waals surface area contributed by atoms with Crippen molar-refractivity contribution in [1.82, 2.24) is 14.8 Å². The Morgan fingerprint density at radius 3 is 3.06 bits per heavy atom. The molecule has 0 aliphatic carbocycles. The molecule has 4 N–H and O–H groups in total. The Kier molecular flexibility index (Phi) is 2.12. The first kappa shape index (κ1) is 10.5. The molecule has 92 valence electrons. The topological polar surface area (TPSA) is 102 Å². The third kappa shape index (κ3) is 1.71. The number of anilines is 3. The fraction of sp³-hybridized carbons (Fsp3) is 0.0909. The molecule has 0 bridgehead atoms. The first-order valence-electron chi connectivity index (χ1n) is 5.31. The highest BCUT2D eigenvalue weighted by atomic mass is 16.4. The maximum atomic E-state index is 11.1. The van der Waals surface area contributed by atoms with Crippen molar-refractivity contribution in [2.24, 2.45) is 7.05 Å². The largest absolute Gasteiger partial charge is 0.417 e. The number of rotatable bonds is 2. The maximum Gasteiger partial charge on any atom is 0.417 e. The number of aromatic amines is 1. The minimum absolute atomic E-state index is 0.434. The highest BCUT2D eigenvalue weighted by molar-refractivity contribution is 5.86. The van der Waals surface area contributed by atoms with E-state index >= 15 is 0 Å². The van der Waals surface area contributed by atoms with Crippen LogP contribution in [0, 0.1) is 0 Å². The Morgan fingerprint density at radius 2 is 2.33 bits per heavy atom. The van der Waals surface area contributed by atoms with Crippen LogP contribution in [0.3, 0.4) is 0 Å². The van der Waals surface area contributed by atoms with E-state index in [1.165, 1.54) is 0 Å². The first-order valence-corrected chi connectivity index (χ1v) is 5.31. The molecule has 0 radical (unpaired) electrons. The van der Waals surface area contributed by atoms with Gasteiger partial charge in [0, 0.05) is 25.4 Å². The summed E-state index contributed by atoms with van der Waals surface area (Å²) >= 11 is 0. The molecule has 7 nitrogen and oxygen atoms in total. The smallest absolute Gasteiger partial charge is 0.408 e. The minimum Gasteiger partial charge on any atom is -0.408 e. The lowest BCUT2D eigenvalue weighted by molar-refractivity contribution is 0.555. The van der Waals surface area contributed by atoms with Crippen LogP contribution in [0.2, 0.25) is 0 Å². The molecule has 0 fully saturated rings. The SMILES string of the molecule is Cn1ccc(Nc2cc3[nH]c(=O)oc3cc2N)n1. The normalized spacial score (nSPS) is 10.9. The van der Waals surface area contributed by atoms with Crippen molar-refractivity contribution in [3.8, 4) is 0 Å². The number of nitrogens with two attached hydrogens (primary N) is 1. The van der Waals surface area contributed by atoms with E-state index < -0.39 is 5.76 Å². The summed E-state index contributed by atoms with van der Waals surface area (Å²) in [5.74, 6) is 0.175. The number of hydrogen-bond acceptors (Lipinski definition) is 5. The van der Waals surface area contributed by atoms with E-state index in [-0.39, 0.29) is 0 Å². The third-order valence-corrected chi connectivity index (χ3v) is 2.57. The van der Waals surface area contributed by atoms with Crippen LogP contribution in [0.5, 0.6) is 0 Å². The monoisotopic (exact) mass is 245 g/mol. The van der Waals surface area contributed by atoms with Crippen LogP contribution >= 0.6 is 0 Å². The van der Waals surface area contributed by atoms with Crippen molar-refractivity contribution in [3.05, 3.63) is 34.9 Å². The van der Waals surface area contributed by atoms with E-state index in [4.69, 9.17) is 10.2 Å². The molecule has 3 rings (SSSR count). The molecule has 18 heavy (non-hydrogen) atoms. The fourth-order valence-corrected chi connectivity index (χ4v) is 1.74. The average Bonchev–Trinajstić information content (AvgIpc) is 2.85. The summed E-state index contributed by atoms with van der Waals surface area (Å²) in [4.78, 5) is 13.6. The van der Waals surface area contributed by atoms with Gasteiger partial charge in [-0.1, -0.05) is 0 Å². The third-order valence-electron chi connectivity index (χ3n) is 2.57. The molecule has 0 amide bonds. The standard InChI is InChI=1S/C11H11N5O2/c1-16-3-2-10(15-16)13-7-5-8-9(4-6(7)12)18-11(17)14-8/h2-5H,12H2,1H3,(H,13,15)(H,14,17). The van der Waals surface area contributed by atoms with E-state index in [9.17, 15) is 4.79 Å². The lowest BCUT2D eigenvalue weighted by Crippen LogP contribution is -1.98. The molecule has 2 heterocycles. The molecule has 1 aromatic carbocycles. The van der Waals surface area contributed by atoms with E-state index in [0.29, 0.717) is 28.3 Å². The van der Waals surface area contributed by atoms with Crippen LogP contribution in [-0.4, -0.2) is 14.8 Å². The van der Waals surface area contributed by atoms with Gasteiger partial charge in [-0.2, -0.15) is 5.10 Å². The maximum absolute atomic E-state index is 11.1. The summed E-state index contributed by atoms with van der Waals surface area (Å²) in [5, 5.41) is 7.26. The van der Waals surface area contributed by atoms with Crippen LogP contribution in [-0.2, 0) is 7.05 Å². The number of H-pyrrole nitrogens is 1. The zero-order valence-electron chi connectivity index (χ0n) is 9.60. The number of nitrogen functional groups attached to an aromatic ring is 1. The molecular weight excluding hydrogens is 234 g/mol. The zero-order chi connectivity index (χ0) is 12.7. The highest BCUT2D eigenvalue weighted by Gasteiger charge is 2.07. The number of nitrogens with zero attached hydrogens (tertiary/aromatic N) is 2. The van der Waals surface area contributed by atoms with E-state index in [0.717, 1.165) is 0 Å². The Morgan fingerprint density at radius 1 is 1.50 bits per heavy atom. The molecule has 0 saturated carbocycles. The van der Waals surface area contributed by atoms with Crippen LogP contribution in [0.15, 0.2) is 33.6 Å². The molecule has 2 aromatic heterocycles. The average molecular weight is 245 g/mol. The first-order chi connectivity index (χ1) is 8.61. The lowest BCUT2D eigenvalue weighted by atomic mass is 10.2. The number of hydrogen-bond donors (Lipinski definition) is 3. The van der Waals surface area contributed by atoms with Gasteiger partial charge in [-0.15, -0.1) is 0 Å². The molecular formula is C11H11N5O2. The number of nitrogens with one attached hydrogen (secondary N) is 2. The predicted octanol–water partition coefficient (Wildman–Crippen LogP) is 1.18. The highest BCUT2D eigenvalue weighted by Crippen LogP contribution is 2.26. The van der Waals surface area contributed by atoms with Gasteiger partial charge < -0.3 is 15.5 Å². The molecule has 0 spiro atoms. The molecule has 3 aromatic rings. The van der Waals surface area contributed by atoms with Crippen LogP contribution in [0.1, 0.15) is 0 Å². The van der Waals surface area contributed by atoms with Gasteiger partial charge in [0.1, 0.15) is 0 Å². The summed E-state index contributed by atoms with van der Waals surface area (Å²) in [6, 6.07) is 5.13. The summed E-state index contributed by atoms with van der Waals surface area (Å²) in [7, 11) is 1.82. The van der Waals surface area contributed by atoms with Gasteiger partial charge >= 0.3 is 5.76 Å². The summed E-state index contributed by atoms with van der Waals surface area (Å²) in [6.45, 7) is 0. The van der Waals surface area contributed by atoms with E-state index in [1.807, 2.05) is 19.3 Å². The molecule has 0 atom stereocenters.